The van der Waals surface area contributed by atoms with Crippen LogP contribution in [0.3, 0.4) is 0 Å². The molecule has 0 radical (unpaired) electrons. The Hall–Kier alpha value is -1.92. The number of fused-ring (bicyclic) bond motifs is 6. The van der Waals surface area contributed by atoms with Crippen molar-refractivity contribution in [3.05, 3.63) is 35.5 Å². The first-order valence-electron chi connectivity index (χ1n) is 9.95. The highest BCUT2D eigenvalue weighted by Gasteiger charge is 2.44. The molecule has 28 heavy (non-hydrogen) atoms. The van der Waals surface area contributed by atoms with E-state index in [4.69, 9.17) is 19.2 Å². The van der Waals surface area contributed by atoms with E-state index >= 15 is 0 Å². The van der Waals surface area contributed by atoms with E-state index in [-0.39, 0.29) is 30.1 Å². The van der Waals surface area contributed by atoms with Crippen molar-refractivity contribution in [2.75, 3.05) is 0 Å². The van der Waals surface area contributed by atoms with Crippen LogP contribution in [-0.2, 0) is 28.8 Å². The Morgan fingerprint density at radius 2 is 2.07 bits per heavy atom. The van der Waals surface area contributed by atoms with E-state index in [0.29, 0.717) is 24.8 Å². The normalized spacial score (nSPS) is 40.4. The first-order chi connectivity index (χ1) is 13.2. The van der Waals surface area contributed by atoms with Gasteiger partial charge in [0, 0.05) is 18.4 Å². The van der Waals surface area contributed by atoms with Gasteiger partial charge in [0.2, 0.25) is 0 Å². The summed E-state index contributed by atoms with van der Waals surface area (Å²) >= 11 is 0. The molecule has 4 aliphatic rings. The van der Waals surface area contributed by atoms with E-state index in [2.05, 4.69) is 12.7 Å². The molecule has 0 N–H and O–H groups in total. The fraction of sp³-hybridized carbons (Fsp3) is 0.636. The Labute approximate surface area is 166 Å². The van der Waals surface area contributed by atoms with Crippen molar-refractivity contribution in [2.45, 2.75) is 83.7 Å². The predicted octanol–water partition coefficient (Wildman–Crippen LogP) is 3.96. The third kappa shape index (κ3) is 4.39. The molecular formula is C22H30O6. The molecule has 0 amide bonds. The molecule has 1 aliphatic carbocycles. The standard InChI is InChI=1S/C22H30O6/c1-13-6-9-20(25-16(4)23)22(5)11-10-18(27-28-22)14(2)7-8-17-15(3)21(24)26-19(17)12-13/h7,12,17-20H,3,6,8-11H2,1-2,4-5H3/b13-12+,14-7+/t17-,18-,19-,20-,22+/m0/s1. The molecule has 0 aromatic heterocycles. The molecule has 2 saturated heterocycles. The van der Waals surface area contributed by atoms with E-state index in [0.717, 1.165) is 24.0 Å². The van der Waals surface area contributed by atoms with Crippen molar-refractivity contribution in [3.63, 3.8) is 0 Å². The van der Waals surface area contributed by atoms with Crippen molar-refractivity contribution in [1.29, 1.82) is 0 Å². The van der Waals surface area contributed by atoms with Crippen molar-refractivity contribution >= 4 is 11.9 Å². The molecular weight excluding hydrogens is 360 g/mol. The van der Waals surface area contributed by atoms with Gasteiger partial charge >= 0.3 is 11.9 Å². The van der Waals surface area contributed by atoms with Crippen LogP contribution in [0.5, 0.6) is 0 Å². The van der Waals surface area contributed by atoms with Gasteiger partial charge in [-0.25, -0.2) is 14.6 Å². The number of rotatable bonds is 1. The molecule has 5 atom stereocenters. The minimum absolute atomic E-state index is 0.0839. The molecule has 6 nitrogen and oxygen atoms in total. The average Bonchev–Trinajstić information content (AvgIpc) is 2.89. The largest absolute Gasteiger partial charge is 0.459 e. The van der Waals surface area contributed by atoms with Crippen LogP contribution in [0.25, 0.3) is 0 Å². The lowest BCUT2D eigenvalue weighted by Crippen LogP contribution is -2.49. The second kappa shape index (κ2) is 8.21. The van der Waals surface area contributed by atoms with Gasteiger partial charge in [-0.05, 0) is 64.5 Å². The Kier molecular flexibility index (Phi) is 6.10. The summed E-state index contributed by atoms with van der Waals surface area (Å²) < 4.78 is 11.1. The molecule has 3 heterocycles. The summed E-state index contributed by atoms with van der Waals surface area (Å²) in [7, 11) is 0. The van der Waals surface area contributed by atoms with Gasteiger partial charge in [0.15, 0.2) is 0 Å². The molecule has 6 heteroatoms. The van der Waals surface area contributed by atoms with Crippen molar-refractivity contribution < 1.29 is 28.8 Å². The molecule has 4 rings (SSSR count). The lowest BCUT2D eigenvalue weighted by Gasteiger charge is -2.41. The van der Waals surface area contributed by atoms with Crippen LogP contribution in [0.4, 0.5) is 0 Å². The molecule has 3 aliphatic heterocycles. The van der Waals surface area contributed by atoms with Crippen molar-refractivity contribution in [3.8, 4) is 0 Å². The number of ether oxygens (including phenoxy) is 2. The lowest BCUT2D eigenvalue weighted by molar-refractivity contribution is -0.412. The second-order valence-corrected chi connectivity index (χ2v) is 8.35. The van der Waals surface area contributed by atoms with E-state index in [1.807, 2.05) is 26.8 Å². The summed E-state index contributed by atoms with van der Waals surface area (Å²) in [5.41, 5.74) is 1.94. The highest BCUT2D eigenvalue weighted by Crippen LogP contribution is 2.38. The Bertz CT molecular complexity index is 711. The Morgan fingerprint density at radius 1 is 1.32 bits per heavy atom. The predicted molar refractivity (Wildman–Crippen MR) is 103 cm³/mol. The summed E-state index contributed by atoms with van der Waals surface area (Å²) in [6.07, 6.45) is 6.66. The molecule has 2 bridgehead atoms. The topological polar surface area (TPSA) is 71.1 Å². The Balaban J connectivity index is 1.91. The van der Waals surface area contributed by atoms with E-state index in [9.17, 15) is 9.59 Å². The summed E-state index contributed by atoms with van der Waals surface area (Å²) in [6, 6.07) is 0. The number of carbonyl (C=O) groups excluding carboxylic acids is 2. The van der Waals surface area contributed by atoms with Crippen molar-refractivity contribution in [1.82, 2.24) is 0 Å². The lowest BCUT2D eigenvalue weighted by atomic mass is 9.85. The van der Waals surface area contributed by atoms with Gasteiger partial charge in [0.1, 0.15) is 23.9 Å². The average molecular weight is 390 g/mol. The van der Waals surface area contributed by atoms with Crippen LogP contribution < -0.4 is 0 Å². The van der Waals surface area contributed by atoms with E-state index in [1.54, 1.807) is 0 Å². The SMILES string of the molecule is C=C1C(=O)O[C@H]2/C=C(\C)CC[C@H](OC(C)=O)[C@@]3(C)CC[C@H](OO3)/C(C)=C/C[C@@H]12. The molecule has 2 fully saturated rings. The smallest absolute Gasteiger partial charge is 0.334 e. The first-order valence-corrected chi connectivity index (χ1v) is 9.95. The fourth-order valence-electron chi connectivity index (χ4n) is 4.11. The summed E-state index contributed by atoms with van der Waals surface area (Å²) in [5, 5.41) is 0. The van der Waals surface area contributed by atoms with Crippen LogP contribution in [0.2, 0.25) is 0 Å². The minimum Gasteiger partial charge on any atom is -0.459 e. The van der Waals surface area contributed by atoms with Crippen LogP contribution in [0.15, 0.2) is 35.5 Å². The van der Waals surface area contributed by atoms with Crippen LogP contribution >= 0.6 is 0 Å². The molecule has 0 spiro atoms. The van der Waals surface area contributed by atoms with Gasteiger partial charge in [-0.3, -0.25) is 4.79 Å². The number of esters is 2. The second-order valence-electron chi connectivity index (χ2n) is 8.35. The third-order valence-electron chi connectivity index (χ3n) is 6.05. The van der Waals surface area contributed by atoms with Gasteiger partial charge in [-0.15, -0.1) is 0 Å². The quantitative estimate of drug-likeness (QED) is 0.292. The highest BCUT2D eigenvalue weighted by atomic mass is 17.2. The van der Waals surface area contributed by atoms with Crippen LogP contribution in [0.1, 0.15) is 59.8 Å². The fourth-order valence-corrected chi connectivity index (χ4v) is 4.11. The molecule has 0 aromatic carbocycles. The Morgan fingerprint density at radius 3 is 2.71 bits per heavy atom. The molecule has 0 saturated carbocycles. The zero-order valence-electron chi connectivity index (χ0n) is 17.2. The number of carbonyl (C=O) groups is 2. The van der Waals surface area contributed by atoms with E-state index < -0.39 is 11.7 Å². The summed E-state index contributed by atoms with van der Waals surface area (Å²) in [5.74, 6) is -0.753. The maximum atomic E-state index is 12.0. The number of allylic oxidation sites excluding steroid dienone is 2. The first kappa shape index (κ1) is 20.8. The van der Waals surface area contributed by atoms with Gasteiger partial charge in [0.05, 0.1) is 0 Å². The van der Waals surface area contributed by atoms with Gasteiger partial charge in [-0.2, -0.15) is 0 Å². The van der Waals surface area contributed by atoms with Crippen molar-refractivity contribution in [2.24, 2.45) is 5.92 Å². The van der Waals surface area contributed by atoms with Crippen LogP contribution in [0, 0.1) is 5.92 Å². The van der Waals surface area contributed by atoms with Gasteiger partial charge in [-0.1, -0.05) is 18.2 Å². The monoisotopic (exact) mass is 390 g/mol. The summed E-state index contributed by atoms with van der Waals surface area (Å²) in [6.45, 7) is 11.3. The van der Waals surface area contributed by atoms with Gasteiger partial charge < -0.3 is 9.47 Å². The molecule has 154 valence electrons. The maximum absolute atomic E-state index is 12.0. The summed E-state index contributed by atoms with van der Waals surface area (Å²) in [4.78, 5) is 35.2. The number of hydrogen-bond donors (Lipinski definition) is 0. The minimum atomic E-state index is -0.691. The highest BCUT2D eigenvalue weighted by molar-refractivity contribution is 5.91. The molecule has 0 unspecified atom stereocenters. The van der Waals surface area contributed by atoms with E-state index in [1.165, 1.54) is 6.92 Å². The zero-order chi connectivity index (χ0) is 20.5. The zero-order valence-corrected chi connectivity index (χ0v) is 17.2. The maximum Gasteiger partial charge on any atom is 0.334 e. The number of hydrogen-bond acceptors (Lipinski definition) is 6. The third-order valence-corrected chi connectivity index (χ3v) is 6.05. The van der Waals surface area contributed by atoms with Gasteiger partial charge in [0.25, 0.3) is 0 Å². The van der Waals surface area contributed by atoms with Crippen LogP contribution in [-0.4, -0.2) is 35.9 Å². The molecule has 0 aromatic rings.